The second kappa shape index (κ2) is 6.82. The summed E-state index contributed by atoms with van der Waals surface area (Å²) in [6, 6.07) is 17.1. The van der Waals surface area contributed by atoms with Crippen molar-refractivity contribution in [3.05, 3.63) is 78.4 Å². The van der Waals surface area contributed by atoms with E-state index < -0.39 is 5.79 Å². The van der Waals surface area contributed by atoms with E-state index in [1.54, 1.807) is 12.5 Å². The SMILES string of the molecule is Cc1ccc(-c2ccc(C3(Cn4ccnc4)OCCCO3)cc2)cc1. The Morgan fingerprint density at radius 1 is 0.960 bits per heavy atom. The van der Waals surface area contributed by atoms with Crippen molar-refractivity contribution in [2.75, 3.05) is 13.2 Å². The van der Waals surface area contributed by atoms with E-state index in [2.05, 4.69) is 60.4 Å². The molecule has 1 fully saturated rings. The highest BCUT2D eigenvalue weighted by atomic mass is 16.7. The van der Waals surface area contributed by atoms with Crippen LogP contribution in [0.4, 0.5) is 0 Å². The molecular formula is C21H22N2O2. The Morgan fingerprint density at radius 3 is 2.20 bits per heavy atom. The number of benzene rings is 2. The molecule has 4 rings (SSSR count). The van der Waals surface area contributed by atoms with Crippen molar-refractivity contribution < 1.29 is 9.47 Å². The van der Waals surface area contributed by atoms with Crippen LogP contribution in [0, 0.1) is 6.92 Å². The number of imidazole rings is 1. The van der Waals surface area contributed by atoms with Gasteiger partial charge in [0.25, 0.3) is 0 Å². The molecule has 0 spiro atoms. The molecule has 2 aromatic carbocycles. The highest BCUT2D eigenvalue weighted by Crippen LogP contribution is 2.34. The lowest BCUT2D eigenvalue weighted by Gasteiger charge is -2.37. The van der Waals surface area contributed by atoms with Crippen LogP contribution in [0.3, 0.4) is 0 Å². The fraction of sp³-hybridized carbons (Fsp3) is 0.286. The lowest BCUT2D eigenvalue weighted by molar-refractivity contribution is -0.283. The maximum absolute atomic E-state index is 6.12. The molecule has 25 heavy (non-hydrogen) atoms. The van der Waals surface area contributed by atoms with Gasteiger partial charge >= 0.3 is 0 Å². The van der Waals surface area contributed by atoms with Crippen LogP contribution in [0.1, 0.15) is 17.5 Å². The summed E-state index contributed by atoms with van der Waals surface area (Å²) in [6.07, 6.45) is 6.43. The Hall–Kier alpha value is -2.43. The minimum atomic E-state index is -0.745. The Bertz CT molecular complexity index is 802. The van der Waals surface area contributed by atoms with Gasteiger partial charge in [0.1, 0.15) is 0 Å². The van der Waals surface area contributed by atoms with E-state index in [1.165, 1.54) is 16.7 Å². The molecule has 4 nitrogen and oxygen atoms in total. The third kappa shape index (κ3) is 3.36. The molecule has 0 radical (unpaired) electrons. The summed E-state index contributed by atoms with van der Waals surface area (Å²) >= 11 is 0. The first-order chi connectivity index (χ1) is 12.3. The van der Waals surface area contributed by atoms with E-state index in [0.717, 1.165) is 12.0 Å². The first-order valence-corrected chi connectivity index (χ1v) is 8.66. The molecule has 3 aromatic rings. The third-order valence-corrected chi connectivity index (χ3v) is 4.62. The largest absolute Gasteiger partial charge is 0.344 e. The fourth-order valence-corrected chi connectivity index (χ4v) is 3.21. The summed E-state index contributed by atoms with van der Waals surface area (Å²) < 4.78 is 14.2. The third-order valence-electron chi connectivity index (χ3n) is 4.62. The van der Waals surface area contributed by atoms with E-state index in [4.69, 9.17) is 9.47 Å². The molecular weight excluding hydrogens is 312 g/mol. The molecule has 1 aliphatic rings. The number of aryl methyl sites for hydroxylation is 1. The van der Waals surface area contributed by atoms with Crippen molar-refractivity contribution in [1.82, 2.24) is 9.55 Å². The lowest BCUT2D eigenvalue weighted by atomic mass is 9.98. The molecule has 4 heteroatoms. The number of hydrogen-bond donors (Lipinski definition) is 0. The molecule has 0 unspecified atom stereocenters. The molecule has 1 aromatic heterocycles. The summed E-state index contributed by atoms with van der Waals surface area (Å²) in [6.45, 7) is 4.10. The Morgan fingerprint density at radius 2 is 1.60 bits per heavy atom. The minimum absolute atomic E-state index is 0.594. The van der Waals surface area contributed by atoms with Gasteiger partial charge in [0, 0.05) is 18.0 Å². The standard InChI is InChI=1S/C21H22N2O2/c1-17-3-5-18(6-4-17)19-7-9-20(10-8-19)21(24-13-2-14-25-21)15-23-12-11-22-16-23/h3-12,16H,2,13-15H2,1H3. The van der Waals surface area contributed by atoms with Gasteiger partial charge in [-0.2, -0.15) is 0 Å². The maximum atomic E-state index is 6.12. The zero-order valence-electron chi connectivity index (χ0n) is 14.4. The van der Waals surface area contributed by atoms with Gasteiger partial charge in [0.2, 0.25) is 5.79 Å². The van der Waals surface area contributed by atoms with Crippen molar-refractivity contribution in [3.63, 3.8) is 0 Å². The Balaban J connectivity index is 1.64. The van der Waals surface area contributed by atoms with Gasteiger partial charge in [-0.3, -0.25) is 0 Å². The predicted molar refractivity (Wildman–Crippen MR) is 97.0 cm³/mol. The van der Waals surface area contributed by atoms with E-state index in [9.17, 15) is 0 Å². The average Bonchev–Trinajstić information content (AvgIpc) is 3.16. The summed E-state index contributed by atoms with van der Waals surface area (Å²) in [4.78, 5) is 4.13. The summed E-state index contributed by atoms with van der Waals surface area (Å²) in [7, 11) is 0. The van der Waals surface area contributed by atoms with E-state index in [0.29, 0.717) is 19.8 Å². The van der Waals surface area contributed by atoms with Crippen LogP contribution in [-0.4, -0.2) is 22.8 Å². The number of rotatable bonds is 4. The van der Waals surface area contributed by atoms with Gasteiger partial charge in [-0.15, -0.1) is 0 Å². The lowest BCUT2D eigenvalue weighted by Crippen LogP contribution is -2.41. The van der Waals surface area contributed by atoms with Gasteiger partial charge in [-0.05, 0) is 24.5 Å². The number of aromatic nitrogens is 2. The Labute approximate surface area is 148 Å². The fourth-order valence-electron chi connectivity index (χ4n) is 3.21. The molecule has 1 saturated heterocycles. The summed E-state index contributed by atoms with van der Waals surface area (Å²) in [5.41, 5.74) is 4.71. The van der Waals surface area contributed by atoms with E-state index >= 15 is 0 Å². The normalized spacial score (nSPS) is 16.7. The first-order valence-electron chi connectivity index (χ1n) is 8.66. The molecule has 0 amide bonds. The summed E-state index contributed by atoms with van der Waals surface area (Å²) in [5.74, 6) is -0.745. The van der Waals surface area contributed by atoms with Gasteiger partial charge in [-0.25, -0.2) is 4.98 Å². The van der Waals surface area contributed by atoms with Crippen LogP contribution in [0.15, 0.2) is 67.3 Å². The molecule has 0 N–H and O–H groups in total. The van der Waals surface area contributed by atoms with Crippen molar-refractivity contribution in [2.45, 2.75) is 25.7 Å². The molecule has 0 saturated carbocycles. The van der Waals surface area contributed by atoms with Crippen molar-refractivity contribution >= 4 is 0 Å². The van der Waals surface area contributed by atoms with Crippen LogP contribution in [0.25, 0.3) is 11.1 Å². The highest BCUT2D eigenvalue weighted by Gasteiger charge is 2.37. The number of hydrogen-bond acceptors (Lipinski definition) is 3. The molecule has 2 heterocycles. The molecule has 0 atom stereocenters. The maximum Gasteiger partial charge on any atom is 0.213 e. The monoisotopic (exact) mass is 334 g/mol. The summed E-state index contributed by atoms with van der Waals surface area (Å²) in [5, 5.41) is 0. The van der Waals surface area contributed by atoms with Crippen molar-refractivity contribution in [2.24, 2.45) is 0 Å². The molecule has 0 aliphatic carbocycles. The quantitative estimate of drug-likeness (QED) is 0.719. The van der Waals surface area contributed by atoms with Crippen molar-refractivity contribution in [3.8, 4) is 11.1 Å². The van der Waals surface area contributed by atoms with E-state index in [-0.39, 0.29) is 0 Å². The Kier molecular flexibility index (Phi) is 4.38. The molecule has 128 valence electrons. The topological polar surface area (TPSA) is 36.3 Å². The average molecular weight is 334 g/mol. The predicted octanol–water partition coefficient (Wildman–Crippen LogP) is 4.15. The van der Waals surface area contributed by atoms with Crippen LogP contribution in [0.5, 0.6) is 0 Å². The second-order valence-electron chi connectivity index (χ2n) is 6.48. The van der Waals surface area contributed by atoms with Gasteiger partial charge in [0.15, 0.2) is 0 Å². The van der Waals surface area contributed by atoms with Gasteiger partial charge in [0.05, 0.1) is 26.1 Å². The van der Waals surface area contributed by atoms with Crippen molar-refractivity contribution in [1.29, 1.82) is 0 Å². The molecule has 0 bridgehead atoms. The van der Waals surface area contributed by atoms with E-state index in [1.807, 2.05) is 10.8 Å². The van der Waals surface area contributed by atoms with Gasteiger partial charge in [-0.1, -0.05) is 54.1 Å². The number of ether oxygens (including phenoxy) is 2. The van der Waals surface area contributed by atoms with Crippen LogP contribution < -0.4 is 0 Å². The van der Waals surface area contributed by atoms with Crippen LogP contribution >= 0.6 is 0 Å². The van der Waals surface area contributed by atoms with Gasteiger partial charge < -0.3 is 14.0 Å². The minimum Gasteiger partial charge on any atom is -0.344 e. The molecule has 1 aliphatic heterocycles. The van der Waals surface area contributed by atoms with Crippen LogP contribution in [-0.2, 0) is 21.8 Å². The highest BCUT2D eigenvalue weighted by molar-refractivity contribution is 5.64. The number of nitrogens with zero attached hydrogens (tertiary/aromatic N) is 2. The van der Waals surface area contributed by atoms with Crippen LogP contribution in [0.2, 0.25) is 0 Å². The smallest absolute Gasteiger partial charge is 0.213 e. The zero-order chi connectivity index (χ0) is 17.1. The second-order valence-corrected chi connectivity index (χ2v) is 6.48. The first kappa shape index (κ1) is 16.1. The zero-order valence-corrected chi connectivity index (χ0v) is 14.4.